The molecule has 1 amide bonds. The largest absolute Gasteiger partial charge is 0.457 e. The van der Waals surface area contributed by atoms with Crippen LogP contribution in [-0.4, -0.2) is 21.9 Å². The summed E-state index contributed by atoms with van der Waals surface area (Å²) in [6.45, 7) is 0.603. The van der Waals surface area contributed by atoms with Gasteiger partial charge in [0.2, 0.25) is 6.79 Å². The number of hydrogen-bond donors (Lipinski definition) is 0. The van der Waals surface area contributed by atoms with E-state index in [9.17, 15) is 4.79 Å². The molecule has 0 unspecified atom stereocenters. The average molecular weight is 448 g/mol. The Morgan fingerprint density at radius 1 is 0.968 bits per heavy atom. The van der Waals surface area contributed by atoms with E-state index in [-0.39, 0.29) is 12.7 Å². The molecule has 5 rings (SSSR count). The zero-order valence-electron chi connectivity index (χ0n) is 16.3. The third kappa shape index (κ3) is 4.28. The Balaban J connectivity index is 1.32. The Kier molecular flexibility index (Phi) is 5.36. The SMILES string of the molecule is O=C1/C(=C/c2cccc(Oc3ccccc3)c2)SC(=S)N1Cc1ccc2c(c1)OCO2. The maximum atomic E-state index is 13.0. The molecule has 3 aromatic carbocycles. The topological polar surface area (TPSA) is 48.0 Å². The van der Waals surface area contributed by atoms with Crippen molar-refractivity contribution in [3.8, 4) is 23.0 Å². The fraction of sp³-hybridized carbons (Fsp3) is 0.0833. The molecule has 1 saturated heterocycles. The first-order valence-electron chi connectivity index (χ1n) is 9.62. The highest BCUT2D eigenvalue weighted by Gasteiger charge is 2.32. The Morgan fingerprint density at radius 3 is 2.65 bits per heavy atom. The summed E-state index contributed by atoms with van der Waals surface area (Å²) in [6.07, 6.45) is 1.84. The van der Waals surface area contributed by atoms with Crippen molar-refractivity contribution in [3.05, 3.63) is 88.8 Å². The predicted octanol–water partition coefficient (Wildman–Crippen LogP) is 5.61. The van der Waals surface area contributed by atoms with Gasteiger partial charge in [0.05, 0.1) is 11.4 Å². The molecule has 0 bridgehead atoms. The predicted molar refractivity (Wildman–Crippen MR) is 124 cm³/mol. The van der Waals surface area contributed by atoms with E-state index in [0.29, 0.717) is 33.0 Å². The summed E-state index contributed by atoms with van der Waals surface area (Å²) < 4.78 is 17.2. The lowest BCUT2D eigenvalue weighted by Gasteiger charge is -2.14. The second-order valence-corrected chi connectivity index (χ2v) is 8.62. The molecule has 0 aliphatic carbocycles. The van der Waals surface area contributed by atoms with Crippen molar-refractivity contribution in [2.24, 2.45) is 0 Å². The first-order chi connectivity index (χ1) is 15.2. The fourth-order valence-electron chi connectivity index (χ4n) is 3.30. The maximum Gasteiger partial charge on any atom is 0.266 e. The van der Waals surface area contributed by atoms with Gasteiger partial charge in [0.1, 0.15) is 15.8 Å². The quantitative estimate of drug-likeness (QED) is 0.374. The van der Waals surface area contributed by atoms with Crippen molar-refractivity contribution in [2.75, 3.05) is 6.79 Å². The second-order valence-electron chi connectivity index (χ2n) is 6.94. The molecule has 3 aromatic rings. The van der Waals surface area contributed by atoms with Gasteiger partial charge in [0.25, 0.3) is 5.91 Å². The van der Waals surface area contributed by atoms with E-state index < -0.39 is 0 Å². The molecule has 5 nitrogen and oxygen atoms in total. The molecule has 31 heavy (non-hydrogen) atoms. The summed E-state index contributed by atoms with van der Waals surface area (Å²) in [7, 11) is 0. The van der Waals surface area contributed by atoms with Crippen molar-refractivity contribution >= 4 is 40.3 Å². The lowest BCUT2D eigenvalue weighted by Crippen LogP contribution is -2.27. The van der Waals surface area contributed by atoms with Crippen LogP contribution in [0, 0.1) is 0 Å². The minimum atomic E-state index is -0.109. The molecular weight excluding hydrogens is 430 g/mol. The van der Waals surface area contributed by atoms with Crippen molar-refractivity contribution in [1.29, 1.82) is 0 Å². The maximum absolute atomic E-state index is 13.0. The monoisotopic (exact) mass is 447 g/mol. The van der Waals surface area contributed by atoms with Gasteiger partial charge in [-0.3, -0.25) is 9.69 Å². The van der Waals surface area contributed by atoms with Gasteiger partial charge in [-0.1, -0.05) is 60.4 Å². The molecule has 2 heterocycles. The highest BCUT2D eigenvalue weighted by Crippen LogP contribution is 2.36. The number of rotatable bonds is 5. The van der Waals surface area contributed by atoms with Crippen LogP contribution in [0.4, 0.5) is 0 Å². The van der Waals surface area contributed by atoms with Crippen LogP contribution in [-0.2, 0) is 11.3 Å². The summed E-state index contributed by atoms with van der Waals surface area (Å²) in [5.41, 5.74) is 1.80. The highest BCUT2D eigenvalue weighted by atomic mass is 32.2. The average Bonchev–Trinajstić information content (AvgIpc) is 3.34. The highest BCUT2D eigenvalue weighted by molar-refractivity contribution is 8.26. The second kappa shape index (κ2) is 8.45. The molecule has 0 N–H and O–H groups in total. The van der Waals surface area contributed by atoms with Gasteiger partial charge in [0.15, 0.2) is 11.5 Å². The third-order valence-electron chi connectivity index (χ3n) is 4.79. The molecule has 1 fully saturated rings. The summed E-state index contributed by atoms with van der Waals surface area (Å²) >= 11 is 6.77. The van der Waals surface area contributed by atoms with E-state index in [2.05, 4.69) is 0 Å². The number of carbonyl (C=O) groups excluding carboxylic acids is 1. The van der Waals surface area contributed by atoms with E-state index in [1.54, 1.807) is 4.90 Å². The number of nitrogens with zero attached hydrogens (tertiary/aromatic N) is 1. The molecule has 0 radical (unpaired) electrons. The summed E-state index contributed by atoms with van der Waals surface area (Å²) in [5, 5.41) is 0. The van der Waals surface area contributed by atoms with Crippen LogP contribution in [0.1, 0.15) is 11.1 Å². The van der Waals surface area contributed by atoms with Crippen LogP contribution in [0.25, 0.3) is 6.08 Å². The molecular formula is C24H17NO4S2. The Labute approximate surface area is 189 Å². The minimum Gasteiger partial charge on any atom is -0.457 e. The number of benzene rings is 3. The Bertz CT molecular complexity index is 1190. The van der Waals surface area contributed by atoms with Crippen LogP contribution < -0.4 is 14.2 Å². The van der Waals surface area contributed by atoms with Gasteiger partial charge in [-0.15, -0.1) is 0 Å². The fourth-order valence-corrected chi connectivity index (χ4v) is 4.56. The first-order valence-corrected chi connectivity index (χ1v) is 10.8. The molecule has 7 heteroatoms. The summed E-state index contributed by atoms with van der Waals surface area (Å²) in [5.74, 6) is 2.76. The normalized spacial score (nSPS) is 16.3. The molecule has 0 aromatic heterocycles. The van der Waals surface area contributed by atoms with Crippen molar-refractivity contribution in [2.45, 2.75) is 6.54 Å². The number of fused-ring (bicyclic) bond motifs is 1. The van der Waals surface area contributed by atoms with E-state index in [1.165, 1.54) is 11.8 Å². The van der Waals surface area contributed by atoms with E-state index in [4.69, 9.17) is 26.4 Å². The zero-order chi connectivity index (χ0) is 21.2. The summed E-state index contributed by atoms with van der Waals surface area (Å²) in [4.78, 5) is 15.2. The molecule has 2 aliphatic heterocycles. The Hall–Kier alpha value is -3.29. The molecule has 0 saturated carbocycles. The number of amides is 1. The molecule has 0 spiro atoms. The van der Waals surface area contributed by atoms with Crippen molar-refractivity contribution in [3.63, 3.8) is 0 Å². The lowest BCUT2D eigenvalue weighted by atomic mass is 10.1. The van der Waals surface area contributed by atoms with Crippen molar-refractivity contribution < 1.29 is 19.0 Å². The van der Waals surface area contributed by atoms with Gasteiger partial charge in [0, 0.05) is 0 Å². The van der Waals surface area contributed by atoms with Gasteiger partial charge < -0.3 is 14.2 Å². The number of carbonyl (C=O) groups is 1. The first kappa shape index (κ1) is 19.7. The van der Waals surface area contributed by atoms with Crippen LogP contribution in [0.2, 0.25) is 0 Å². The minimum absolute atomic E-state index is 0.109. The smallest absolute Gasteiger partial charge is 0.266 e. The van der Waals surface area contributed by atoms with Crippen molar-refractivity contribution in [1.82, 2.24) is 4.90 Å². The van der Waals surface area contributed by atoms with Gasteiger partial charge in [-0.25, -0.2) is 0 Å². The number of thiocarbonyl (C=S) groups is 1. The van der Waals surface area contributed by atoms with E-state index in [1.807, 2.05) is 78.9 Å². The van der Waals surface area contributed by atoms with Crippen LogP contribution in [0.15, 0.2) is 77.7 Å². The zero-order valence-corrected chi connectivity index (χ0v) is 17.9. The molecule has 154 valence electrons. The van der Waals surface area contributed by atoms with E-state index >= 15 is 0 Å². The number of thioether (sulfide) groups is 1. The van der Waals surface area contributed by atoms with Crippen LogP contribution >= 0.6 is 24.0 Å². The van der Waals surface area contributed by atoms with Gasteiger partial charge >= 0.3 is 0 Å². The van der Waals surface area contributed by atoms with Gasteiger partial charge in [-0.05, 0) is 53.6 Å². The van der Waals surface area contributed by atoms with Gasteiger partial charge in [-0.2, -0.15) is 0 Å². The van der Waals surface area contributed by atoms with Crippen LogP contribution in [0.3, 0.4) is 0 Å². The standard InChI is InChI=1S/C24H17NO4S2/c26-23-22(13-16-5-4-8-19(11-16)29-18-6-2-1-3-7-18)31-24(30)25(23)14-17-9-10-20-21(12-17)28-15-27-20/h1-13H,14-15H2/b22-13-. The summed E-state index contributed by atoms with van der Waals surface area (Å²) in [6, 6.07) is 22.8. The Morgan fingerprint density at radius 2 is 1.77 bits per heavy atom. The molecule has 2 aliphatic rings. The number of hydrogen-bond acceptors (Lipinski definition) is 6. The van der Waals surface area contributed by atoms with Crippen LogP contribution in [0.5, 0.6) is 23.0 Å². The van der Waals surface area contributed by atoms with E-state index in [0.717, 1.165) is 16.9 Å². The number of ether oxygens (including phenoxy) is 3. The molecule has 0 atom stereocenters. The number of para-hydroxylation sites is 1. The third-order valence-corrected chi connectivity index (χ3v) is 6.16. The lowest BCUT2D eigenvalue weighted by molar-refractivity contribution is -0.122.